The van der Waals surface area contributed by atoms with Gasteiger partial charge in [0.05, 0.1) is 13.0 Å². The number of aryl methyl sites for hydroxylation is 2. The van der Waals surface area contributed by atoms with Crippen molar-refractivity contribution in [3.05, 3.63) is 71.0 Å². The van der Waals surface area contributed by atoms with Crippen LogP contribution >= 0.6 is 11.6 Å². The van der Waals surface area contributed by atoms with Gasteiger partial charge >= 0.3 is 0 Å². The molecule has 3 rings (SSSR count). The van der Waals surface area contributed by atoms with Gasteiger partial charge in [0.25, 0.3) is 0 Å². The molecular weight excluding hydrogens is 376 g/mol. The van der Waals surface area contributed by atoms with E-state index in [-0.39, 0.29) is 18.9 Å². The predicted molar refractivity (Wildman–Crippen MR) is 111 cm³/mol. The molecule has 0 radical (unpaired) electrons. The molecule has 1 heterocycles. The predicted octanol–water partition coefficient (Wildman–Crippen LogP) is 4.90. The maximum Gasteiger partial charge on any atom is 0.227 e. The van der Waals surface area contributed by atoms with E-state index in [1.807, 2.05) is 44.2 Å². The summed E-state index contributed by atoms with van der Waals surface area (Å²) in [7, 11) is 0. The monoisotopic (exact) mass is 396 g/mol. The first-order valence-electron chi connectivity index (χ1n) is 8.85. The first-order valence-corrected chi connectivity index (χ1v) is 9.23. The van der Waals surface area contributed by atoms with Gasteiger partial charge in [-0.1, -0.05) is 11.6 Å². The summed E-state index contributed by atoms with van der Waals surface area (Å²) >= 11 is 5.83. The van der Waals surface area contributed by atoms with Gasteiger partial charge in [-0.25, -0.2) is 9.97 Å². The summed E-state index contributed by atoms with van der Waals surface area (Å²) in [6, 6.07) is 16.3. The van der Waals surface area contributed by atoms with Crippen molar-refractivity contribution >= 4 is 34.8 Å². The molecule has 0 spiro atoms. The molecule has 0 unspecified atom stereocenters. The van der Waals surface area contributed by atoms with Crippen molar-refractivity contribution in [3.8, 4) is 5.75 Å². The first-order chi connectivity index (χ1) is 13.5. The summed E-state index contributed by atoms with van der Waals surface area (Å²) in [6.07, 6.45) is 0.249. The summed E-state index contributed by atoms with van der Waals surface area (Å²) < 4.78 is 5.53. The van der Waals surface area contributed by atoms with Gasteiger partial charge in [0.1, 0.15) is 5.75 Å². The molecule has 0 saturated heterocycles. The van der Waals surface area contributed by atoms with Crippen molar-refractivity contribution < 1.29 is 9.53 Å². The minimum Gasteiger partial charge on any atom is -0.493 e. The van der Waals surface area contributed by atoms with Gasteiger partial charge < -0.3 is 15.4 Å². The number of nitrogens with one attached hydrogen (secondary N) is 2. The van der Waals surface area contributed by atoms with Crippen LogP contribution in [0.4, 0.5) is 17.3 Å². The number of ether oxygens (including phenoxy) is 1. The van der Waals surface area contributed by atoms with Crippen molar-refractivity contribution in [2.24, 2.45) is 0 Å². The fraction of sp³-hybridized carbons (Fsp3) is 0.190. The fourth-order valence-corrected chi connectivity index (χ4v) is 2.69. The average molecular weight is 397 g/mol. The van der Waals surface area contributed by atoms with Gasteiger partial charge in [0.15, 0.2) is 0 Å². The minimum atomic E-state index is -0.118. The standard InChI is InChI=1S/C21H21ClN4O2/c1-14-13-15(2)24-21(23-14)26-18-7-5-17(6-8-18)25-20(27)11-12-28-19-9-3-16(22)4-10-19/h3-10,13H,11-12H2,1-2H3,(H,25,27)(H,23,24,26). The number of hydrogen-bond donors (Lipinski definition) is 2. The van der Waals surface area contributed by atoms with Crippen LogP contribution in [0.25, 0.3) is 0 Å². The van der Waals surface area contributed by atoms with Crippen LogP contribution in [0.2, 0.25) is 5.02 Å². The lowest BCUT2D eigenvalue weighted by Crippen LogP contribution is -2.15. The van der Waals surface area contributed by atoms with Gasteiger partial charge in [-0.3, -0.25) is 4.79 Å². The van der Waals surface area contributed by atoms with Crippen LogP contribution in [0.3, 0.4) is 0 Å². The van der Waals surface area contributed by atoms with Gasteiger partial charge in [0.2, 0.25) is 11.9 Å². The van der Waals surface area contributed by atoms with Crippen molar-refractivity contribution in [1.29, 1.82) is 0 Å². The van der Waals surface area contributed by atoms with E-state index in [0.717, 1.165) is 17.1 Å². The second kappa shape index (κ2) is 9.19. The third kappa shape index (κ3) is 5.96. The van der Waals surface area contributed by atoms with E-state index >= 15 is 0 Å². The molecule has 144 valence electrons. The zero-order valence-corrected chi connectivity index (χ0v) is 16.5. The van der Waals surface area contributed by atoms with Gasteiger partial charge in [-0.2, -0.15) is 0 Å². The normalized spacial score (nSPS) is 10.4. The first kappa shape index (κ1) is 19.6. The molecule has 0 saturated carbocycles. The van der Waals surface area contributed by atoms with Gasteiger partial charge in [0, 0.05) is 27.8 Å². The summed E-state index contributed by atoms with van der Waals surface area (Å²) in [5.74, 6) is 1.11. The number of benzene rings is 2. The van der Waals surface area contributed by atoms with Crippen molar-refractivity contribution in [3.63, 3.8) is 0 Å². The molecule has 0 aliphatic rings. The average Bonchev–Trinajstić information content (AvgIpc) is 2.64. The second-order valence-electron chi connectivity index (χ2n) is 6.28. The maximum atomic E-state index is 12.1. The largest absolute Gasteiger partial charge is 0.493 e. The molecular formula is C21H21ClN4O2. The molecule has 0 fully saturated rings. The Labute approximate surface area is 168 Å². The summed E-state index contributed by atoms with van der Waals surface area (Å²) in [4.78, 5) is 20.8. The van der Waals surface area contributed by atoms with E-state index in [4.69, 9.17) is 16.3 Å². The van der Waals surface area contributed by atoms with Crippen LogP contribution in [0.1, 0.15) is 17.8 Å². The van der Waals surface area contributed by atoms with Crippen LogP contribution < -0.4 is 15.4 Å². The molecule has 2 aromatic carbocycles. The second-order valence-corrected chi connectivity index (χ2v) is 6.71. The van der Waals surface area contributed by atoms with Crippen LogP contribution in [0.15, 0.2) is 54.6 Å². The van der Waals surface area contributed by atoms with Gasteiger partial charge in [-0.15, -0.1) is 0 Å². The lowest BCUT2D eigenvalue weighted by molar-refractivity contribution is -0.116. The Balaban J connectivity index is 1.48. The van der Waals surface area contributed by atoms with E-state index < -0.39 is 0 Å². The Morgan fingerprint density at radius 3 is 2.21 bits per heavy atom. The molecule has 0 atom stereocenters. The highest BCUT2D eigenvalue weighted by atomic mass is 35.5. The molecule has 0 aliphatic carbocycles. The number of nitrogens with zero attached hydrogens (tertiary/aromatic N) is 2. The Morgan fingerprint density at radius 1 is 0.964 bits per heavy atom. The smallest absolute Gasteiger partial charge is 0.227 e. The number of hydrogen-bond acceptors (Lipinski definition) is 5. The molecule has 2 N–H and O–H groups in total. The maximum absolute atomic E-state index is 12.1. The minimum absolute atomic E-state index is 0.118. The van der Waals surface area contributed by atoms with Crippen LogP contribution in [-0.4, -0.2) is 22.5 Å². The highest BCUT2D eigenvalue weighted by Gasteiger charge is 2.05. The fourth-order valence-electron chi connectivity index (χ4n) is 2.56. The zero-order valence-electron chi connectivity index (χ0n) is 15.7. The highest BCUT2D eigenvalue weighted by molar-refractivity contribution is 6.30. The molecule has 0 aliphatic heterocycles. The van der Waals surface area contributed by atoms with E-state index in [2.05, 4.69) is 20.6 Å². The summed E-state index contributed by atoms with van der Waals surface area (Å²) in [6.45, 7) is 4.14. The number of aromatic nitrogens is 2. The highest BCUT2D eigenvalue weighted by Crippen LogP contribution is 2.18. The Bertz CT molecular complexity index is 923. The van der Waals surface area contributed by atoms with Crippen LogP contribution in [0, 0.1) is 13.8 Å². The SMILES string of the molecule is Cc1cc(C)nc(Nc2ccc(NC(=O)CCOc3ccc(Cl)cc3)cc2)n1. The van der Waals surface area contributed by atoms with Crippen molar-refractivity contribution in [2.45, 2.75) is 20.3 Å². The Kier molecular flexibility index (Phi) is 6.45. The third-order valence-electron chi connectivity index (χ3n) is 3.82. The Morgan fingerprint density at radius 2 is 1.57 bits per heavy atom. The topological polar surface area (TPSA) is 76.1 Å². The van der Waals surface area contributed by atoms with Gasteiger partial charge in [-0.05, 0) is 68.4 Å². The van der Waals surface area contributed by atoms with Crippen LogP contribution in [-0.2, 0) is 4.79 Å². The molecule has 1 aromatic heterocycles. The van der Waals surface area contributed by atoms with E-state index in [9.17, 15) is 4.79 Å². The van der Waals surface area contributed by atoms with Crippen molar-refractivity contribution in [1.82, 2.24) is 9.97 Å². The number of anilines is 3. The molecule has 7 heteroatoms. The number of carbonyl (C=O) groups is 1. The molecule has 28 heavy (non-hydrogen) atoms. The van der Waals surface area contributed by atoms with E-state index in [0.29, 0.717) is 22.4 Å². The zero-order chi connectivity index (χ0) is 19.9. The number of carbonyl (C=O) groups excluding carboxylic acids is 1. The lowest BCUT2D eigenvalue weighted by Gasteiger charge is -2.09. The summed E-state index contributed by atoms with van der Waals surface area (Å²) in [5, 5.41) is 6.65. The molecule has 0 bridgehead atoms. The number of rotatable bonds is 7. The van der Waals surface area contributed by atoms with Crippen LogP contribution in [0.5, 0.6) is 5.75 Å². The molecule has 1 amide bonds. The molecule has 6 nitrogen and oxygen atoms in total. The summed E-state index contributed by atoms with van der Waals surface area (Å²) in [5.41, 5.74) is 3.36. The number of amides is 1. The lowest BCUT2D eigenvalue weighted by atomic mass is 10.2. The molecule has 3 aromatic rings. The quantitative estimate of drug-likeness (QED) is 0.594. The third-order valence-corrected chi connectivity index (χ3v) is 4.07. The van der Waals surface area contributed by atoms with E-state index in [1.165, 1.54) is 0 Å². The van der Waals surface area contributed by atoms with E-state index in [1.54, 1.807) is 24.3 Å². The van der Waals surface area contributed by atoms with Crippen molar-refractivity contribution in [2.75, 3.05) is 17.2 Å². The Hall–Kier alpha value is -3.12. The number of halogens is 1.